The van der Waals surface area contributed by atoms with Gasteiger partial charge in [0.15, 0.2) is 11.5 Å². The lowest BCUT2D eigenvalue weighted by Crippen LogP contribution is -2.19. The van der Waals surface area contributed by atoms with Gasteiger partial charge in [-0.05, 0) is 53.5 Å². The first-order valence-corrected chi connectivity index (χ1v) is 8.43. The molecule has 0 saturated heterocycles. The van der Waals surface area contributed by atoms with Crippen LogP contribution in [0, 0.1) is 11.6 Å². The number of hydrogen-bond donors (Lipinski definition) is 1. The van der Waals surface area contributed by atoms with Crippen molar-refractivity contribution < 1.29 is 18.3 Å². The van der Waals surface area contributed by atoms with Gasteiger partial charge < -0.3 is 14.8 Å². The van der Waals surface area contributed by atoms with Gasteiger partial charge in [-0.3, -0.25) is 0 Å². The average molecular weight is 400 g/mol. The average Bonchev–Trinajstić information content (AvgIpc) is 2.53. The highest BCUT2D eigenvalue weighted by Crippen LogP contribution is 2.36. The third-order valence-electron chi connectivity index (χ3n) is 3.61. The molecule has 6 heteroatoms. The summed E-state index contributed by atoms with van der Waals surface area (Å²) in [6.07, 6.45) is 0. The van der Waals surface area contributed by atoms with Gasteiger partial charge in [0.1, 0.15) is 11.6 Å². The summed E-state index contributed by atoms with van der Waals surface area (Å²) in [7, 11) is 1.58. The molecule has 0 bridgehead atoms. The Morgan fingerprint density at radius 3 is 2.58 bits per heavy atom. The molecule has 1 N–H and O–H groups in total. The molecular weight excluding hydrogens is 380 g/mol. The largest absolute Gasteiger partial charge is 0.492 e. The molecule has 0 aliphatic heterocycles. The van der Waals surface area contributed by atoms with Crippen LogP contribution in [0.1, 0.15) is 31.0 Å². The summed E-state index contributed by atoms with van der Waals surface area (Å²) >= 11 is 3.47. The summed E-state index contributed by atoms with van der Waals surface area (Å²) in [5.41, 5.74) is 1.38. The standard InChI is InChI=1S/C18H20BrF2NO2/c1-4-24-17-8-12(7-15(19)18(17)23-3)10-22-11(2)14-6-5-13(20)9-16(14)21/h5-9,11,22H,4,10H2,1-3H3. The molecule has 0 amide bonds. The van der Waals surface area contributed by atoms with Crippen molar-refractivity contribution in [3.63, 3.8) is 0 Å². The smallest absolute Gasteiger partial charge is 0.174 e. The van der Waals surface area contributed by atoms with Gasteiger partial charge in [-0.15, -0.1) is 0 Å². The predicted octanol–water partition coefficient (Wildman–Crippen LogP) is 4.99. The summed E-state index contributed by atoms with van der Waals surface area (Å²) in [5, 5.41) is 3.23. The lowest BCUT2D eigenvalue weighted by atomic mass is 10.1. The first kappa shape index (κ1) is 18.7. The third-order valence-corrected chi connectivity index (χ3v) is 4.20. The number of rotatable bonds is 7. The van der Waals surface area contributed by atoms with E-state index in [-0.39, 0.29) is 6.04 Å². The zero-order chi connectivity index (χ0) is 17.7. The number of methoxy groups -OCH3 is 1. The van der Waals surface area contributed by atoms with Crippen LogP contribution >= 0.6 is 15.9 Å². The molecular formula is C18H20BrF2NO2. The summed E-state index contributed by atoms with van der Waals surface area (Å²) in [6, 6.07) is 7.15. The lowest BCUT2D eigenvalue weighted by Gasteiger charge is -2.17. The van der Waals surface area contributed by atoms with E-state index in [2.05, 4.69) is 21.2 Å². The second-order valence-electron chi connectivity index (χ2n) is 5.31. The fraction of sp³-hybridized carbons (Fsp3) is 0.333. The molecule has 2 aromatic rings. The number of nitrogens with one attached hydrogen (secondary N) is 1. The molecule has 0 aliphatic carbocycles. The Morgan fingerprint density at radius 2 is 1.96 bits per heavy atom. The van der Waals surface area contributed by atoms with Crippen molar-refractivity contribution in [2.45, 2.75) is 26.4 Å². The molecule has 2 aromatic carbocycles. The minimum absolute atomic E-state index is 0.262. The van der Waals surface area contributed by atoms with Gasteiger partial charge in [0, 0.05) is 24.2 Å². The van der Waals surface area contributed by atoms with Crippen molar-refractivity contribution >= 4 is 15.9 Å². The van der Waals surface area contributed by atoms with Crippen LogP contribution in [0.2, 0.25) is 0 Å². The molecule has 24 heavy (non-hydrogen) atoms. The van der Waals surface area contributed by atoms with Crippen LogP contribution in [-0.4, -0.2) is 13.7 Å². The second-order valence-corrected chi connectivity index (χ2v) is 6.16. The minimum Gasteiger partial charge on any atom is -0.492 e. The molecule has 2 rings (SSSR count). The highest BCUT2D eigenvalue weighted by atomic mass is 79.9. The molecule has 0 saturated carbocycles. The molecule has 0 spiro atoms. The lowest BCUT2D eigenvalue weighted by molar-refractivity contribution is 0.309. The topological polar surface area (TPSA) is 30.5 Å². The van der Waals surface area contributed by atoms with E-state index in [1.807, 2.05) is 26.0 Å². The summed E-state index contributed by atoms with van der Waals surface area (Å²) in [4.78, 5) is 0. The van der Waals surface area contributed by atoms with Gasteiger partial charge in [0.25, 0.3) is 0 Å². The van der Waals surface area contributed by atoms with Crippen molar-refractivity contribution in [3.8, 4) is 11.5 Å². The maximum atomic E-state index is 13.8. The van der Waals surface area contributed by atoms with Gasteiger partial charge in [0.05, 0.1) is 18.2 Å². The van der Waals surface area contributed by atoms with Crippen LogP contribution in [0.15, 0.2) is 34.8 Å². The van der Waals surface area contributed by atoms with E-state index in [0.717, 1.165) is 16.1 Å². The van der Waals surface area contributed by atoms with Crippen molar-refractivity contribution in [1.29, 1.82) is 0 Å². The van der Waals surface area contributed by atoms with Crippen LogP contribution in [0.4, 0.5) is 8.78 Å². The molecule has 0 aromatic heterocycles. The van der Waals surface area contributed by atoms with Gasteiger partial charge in [-0.2, -0.15) is 0 Å². The second kappa shape index (κ2) is 8.44. The van der Waals surface area contributed by atoms with Gasteiger partial charge in [-0.25, -0.2) is 8.78 Å². The zero-order valence-electron chi connectivity index (χ0n) is 13.8. The Balaban J connectivity index is 2.13. The first-order chi connectivity index (χ1) is 11.5. The maximum Gasteiger partial charge on any atom is 0.174 e. The van der Waals surface area contributed by atoms with Gasteiger partial charge in [0.2, 0.25) is 0 Å². The normalized spacial score (nSPS) is 12.1. The van der Waals surface area contributed by atoms with E-state index < -0.39 is 11.6 Å². The number of halogens is 3. The van der Waals surface area contributed by atoms with Crippen LogP contribution in [0.5, 0.6) is 11.5 Å². The summed E-state index contributed by atoms with van der Waals surface area (Å²) in [5.74, 6) is 0.148. The van der Waals surface area contributed by atoms with Crippen molar-refractivity contribution in [3.05, 3.63) is 57.6 Å². The van der Waals surface area contributed by atoms with Crippen LogP contribution in [0.25, 0.3) is 0 Å². The molecule has 130 valence electrons. The Morgan fingerprint density at radius 1 is 1.21 bits per heavy atom. The first-order valence-electron chi connectivity index (χ1n) is 7.63. The molecule has 0 heterocycles. The summed E-state index contributed by atoms with van der Waals surface area (Å²) < 4.78 is 38.5. The number of hydrogen-bond acceptors (Lipinski definition) is 3. The maximum absolute atomic E-state index is 13.8. The Bertz CT molecular complexity index is 710. The van der Waals surface area contributed by atoms with E-state index in [0.29, 0.717) is 30.2 Å². The Kier molecular flexibility index (Phi) is 6.57. The zero-order valence-corrected chi connectivity index (χ0v) is 15.4. The van der Waals surface area contributed by atoms with Crippen molar-refractivity contribution in [1.82, 2.24) is 5.32 Å². The third kappa shape index (κ3) is 4.45. The van der Waals surface area contributed by atoms with E-state index in [4.69, 9.17) is 9.47 Å². The van der Waals surface area contributed by atoms with E-state index in [1.54, 1.807) is 7.11 Å². The Labute approximate surface area is 149 Å². The Hall–Kier alpha value is -1.66. The fourth-order valence-corrected chi connectivity index (χ4v) is 3.07. The van der Waals surface area contributed by atoms with Gasteiger partial charge >= 0.3 is 0 Å². The number of ether oxygens (including phenoxy) is 2. The molecule has 0 fully saturated rings. The van der Waals surface area contributed by atoms with E-state index in [1.165, 1.54) is 12.1 Å². The van der Waals surface area contributed by atoms with Crippen LogP contribution < -0.4 is 14.8 Å². The molecule has 3 nitrogen and oxygen atoms in total. The predicted molar refractivity (Wildman–Crippen MR) is 93.5 cm³/mol. The SMILES string of the molecule is CCOc1cc(CNC(C)c2ccc(F)cc2F)cc(Br)c1OC. The minimum atomic E-state index is -0.580. The van der Waals surface area contributed by atoms with Crippen molar-refractivity contribution in [2.24, 2.45) is 0 Å². The van der Waals surface area contributed by atoms with E-state index >= 15 is 0 Å². The van der Waals surface area contributed by atoms with Crippen LogP contribution in [0.3, 0.4) is 0 Å². The number of benzene rings is 2. The molecule has 0 radical (unpaired) electrons. The monoisotopic (exact) mass is 399 g/mol. The highest BCUT2D eigenvalue weighted by molar-refractivity contribution is 9.10. The highest BCUT2D eigenvalue weighted by Gasteiger charge is 2.14. The quantitative estimate of drug-likeness (QED) is 0.711. The fourth-order valence-electron chi connectivity index (χ4n) is 2.42. The van der Waals surface area contributed by atoms with Gasteiger partial charge in [-0.1, -0.05) is 6.07 Å². The molecule has 1 atom stereocenters. The molecule has 1 unspecified atom stereocenters. The summed E-state index contributed by atoms with van der Waals surface area (Å²) in [6.45, 7) is 4.76. The van der Waals surface area contributed by atoms with Crippen molar-refractivity contribution in [2.75, 3.05) is 13.7 Å². The van der Waals surface area contributed by atoms with Crippen LogP contribution in [-0.2, 0) is 6.54 Å². The van der Waals surface area contributed by atoms with E-state index in [9.17, 15) is 8.78 Å². The molecule has 0 aliphatic rings.